The zero-order valence-corrected chi connectivity index (χ0v) is 13.9. The van der Waals surface area contributed by atoms with Crippen LogP contribution in [0.15, 0.2) is 23.1 Å². The largest absolute Gasteiger partial charge is 0.506 e. The average Bonchev–Trinajstić information content (AvgIpc) is 2.94. The summed E-state index contributed by atoms with van der Waals surface area (Å²) in [7, 11) is -3.58. The van der Waals surface area contributed by atoms with E-state index in [9.17, 15) is 18.3 Å². The summed E-state index contributed by atoms with van der Waals surface area (Å²) in [6.45, 7) is 6.23. The maximum atomic E-state index is 12.5. The van der Waals surface area contributed by atoms with Crippen molar-refractivity contribution in [3.05, 3.63) is 18.2 Å². The molecule has 0 spiro atoms. The number of nitrogens with zero attached hydrogens (tertiary/aromatic N) is 1. The topological polar surface area (TPSA) is 86.7 Å². The number of hydrogen-bond acceptors (Lipinski definition) is 4. The lowest BCUT2D eigenvalue weighted by atomic mass is 9.95. The molecule has 1 fully saturated rings. The van der Waals surface area contributed by atoms with Crippen LogP contribution in [0.2, 0.25) is 0 Å². The number of anilines is 1. The molecule has 2 rings (SSSR count). The molecule has 7 heteroatoms. The lowest BCUT2D eigenvalue weighted by Crippen LogP contribution is -2.29. The monoisotopic (exact) mass is 326 g/mol. The maximum Gasteiger partial charge on any atom is 0.243 e. The van der Waals surface area contributed by atoms with E-state index in [0.717, 1.165) is 12.8 Å². The van der Waals surface area contributed by atoms with Crippen molar-refractivity contribution in [1.29, 1.82) is 0 Å². The number of phenols is 1. The van der Waals surface area contributed by atoms with E-state index in [-0.39, 0.29) is 22.2 Å². The molecule has 1 saturated heterocycles. The molecule has 1 aliphatic rings. The van der Waals surface area contributed by atoms with Crippen LogP contribution < -0.4 is 5.32 Å². The molecule has 1 amide bonds. The van der Waals surface area contributed by atoms with Crippen LogP contribution in [0.3, 0.4) is 0 Å². The SMILES string of the molecule is CC(C)(C)C(=O)Nc1cc(S(=O)(=O)N2CCCC2)ccc1O. The molecule has 1 heterocycles. The molecule has 0 radical (unpaired) electrons. The minimum Gasteiger partial charge on any atom is -0.506 e. The van der Waals surface area contributed by atoms with Crippen LogP contribution in [-0.2, 0) is 14.8 Å². The van der Waals surface area contributed by atoms with Gasteiger partial charge < -0.3 is 10.4 Å². The quantitative estimate of drug-likeness (QED) is 0.833. The first-order chi connectivity index (χ1) is 10.1. The van der Waals surface area contributed by atoms with Crippen molar-refractivity contribution in [2.24, 2.45) is 5.41 Å². The molecule has 0 aliphatic carbocycles. The van der Waals surface area contributed by atoms with Crippen LogP contribution in [0.1, 0.15) is 33.6 Å². The van der Waals surface area contributed by atoms with Gasteiger partial charge in [0, 0.05) is 18.5 Å². The Morgan fingerprint density at radius 2 is 1.82 bits per heavy atom. The molecule has 2 N–H and O–H groups in total. The lowest BCUT2D eigenvalue weighted by Gasteiger charge is -2.20. The lowest BCUT2D eigenvalue weighted by molar-refractivity contribution is -0.123. The van der Waals surface area contributed by atoms with E-state index in [1.807, 2.05) is 0 Å². The van der Waals surface area contributed by atoms with Crippen LogP contribution in [-0.4, -0.2) is 36.8 Å². The van der Waals surface area contributed by atoms with Gasteiger partial charge in [-0.15, -0.1) is 0 Å². The molecule has 1 aromatic carbocycles. The first-order valence-corrected chi connectivity index (χ1v) is 8.71. The number of hydrogen-bond donors (Lipinski definition) is 2. The van der Waals surface area contributed by atoms with Crippen LogP contribution in [0, 0.1) is 5.41 Å². The van der Waals surface area contributed by atoms with Crippen molar-refractivity contribution >= 4 is 21.6 Å². The second-order valence-electron chi connectivity index (χ2n) is 6.49. The fourth-order valence-electron chi connectivity index (χ4n) is 2.16. The van der Waals surface area contributed by atoms with Crippen LogP contribution in [0.4, 0.5) is 5.69 Å². The van der Waals surface area contributed by atoms with E-state index in [4.69, 9.17) is 0 Å². The third kappa shape index (κ3) is 3.41. The Morgan fingerprint density at radius 3 is 2.36 bits per heavy atom. The summed E-state index contributed by atoms with van der Waals surface area (Å²) in [5, 5.41) is 12.4. The van der Waals surface area contributed by atoms with Crippen LogP contribution >= 0.6 is 0 Å². The molecule has 0 saturated carbocycles. The Hall–Kier alpha value is -1.60. The highest BCUT2D eigenvalue weighted by molar-refractivity contribution is 7.89. The fraction of sp³-hybridized carbons (Fsp3) is 0.533. The standard InChI is InChI=1S/C15H22N2O4S/c1-15(2,3)14(19)16-12-10-11(6-7-13(12)18)22(20,21)17-8-4-5-9-17/h6-7,10,18H,4-5,8-9H2,1-3H3,(H,16,19). The van der Waals surface area contributed by atoms with E-state index >= 15 is 0 Å². The Bertz CT molecular complexity index is 671. The van der Waals surface area contributed by atoms with E-state index in [1.165, 1.54) is 22.5 Å². The smallest absolute Gasteiger partial charge is 0.243 e. The van der Waals surface area contributed by atoms with Gasteiger partial charge in [0.05, 0.1) is 10.6 Å². The molecule has 22 heavy (non-hydrogen) atoms. The molecular formula is C15H22N2O4S. The van der Waals surface area contributed by atoms with Gasteiger partial charge in [0.15, 0.2) is 0 Å². The summed E-state index contributed by atoms with van der Waals surface area (Å²) in [6.07, 6.45) is 1.70. The van der Waals surface area contributed by atoms with Gasteiger partial charge in [-0.25, -0.2) is 8.42 Å². The highest BCUT2D eigenvalue weighted by Gasteiger charge is 2.28. The third-order valence-electron chi connectivity index (χ3n) is 3.60. The van der Waals surface area contributed by atoms with Gasteiger partial charge in [0.25, 0.3) is 0 Å². The third-order valence-corrected chi connectivity index (χ3v) is 5.49. The van der Waals surface area contributed by atoms with E-state index in [1.54, 1.807) is 20.8 Å². The van der Waals surface area contributed by atoms with Crippen molar-refractivity contribution in [2.45, 2.75) is 38.5 Å². The van der Waals surface area contributed by atoms with E-state index in [2.05, 4.69) is 5.32 Å². The molecule has 0 unspecified atom stereocenters. The summed E-state index contributed by atoms with van der Waals surface area (Å²) in [6, 6.07) is 3.96. The number of carbonyl (C=O) groups is 1. The highest BCUT2D eigenvalue weighted by atomic mass is 32.2. The molecule has 122 valence electrons. The molecule has 0 aromatic heterocycles. The predicted molar refractivity (Wildman–Crippen MR) is 84.2 cm³/mol. The van der Waals surface area contributed by atoms with Gasteiger partial charge in [-0.2, -0.15) is 4.31 Å². The van der Waals surface area contributed by atoms with Gasteiger partial charge in [0.1, 0.15) is 5.75 Å². The molecule has 1 aliphatic heterocycles. The Balaban J connectivity index is 2.32. The van der Waals surface area contributed by atoms with Crippen molar-refractivity contribution in [1.82, 2.24) is 4.31 Å². The zero-order chi connectivity index (χ0) is 16.5. The average molecular weight is 326 g/mol. The molecule has 6 nitrogen and oxygen atoms in total. The van der Waals surface area contributed by atoms with Gasteiger partial charge in [-0.3, -0.25) is 4.79 Å². The number of amides is 1. The summed E-state index contributed by atoms with van der Waals surface area (Å²) in [5.74, 6) is -0.448. The number of carbonyl (C=O) groups excluding carboxylic acids is 1. The summed E-state index contributed by atoms with van der Waals surface area (Å²) in [5.41, 5.74) is -0.531. The predicted octanol–water partition coefficient (Wildman–Crippen LogP) is 2.16. The van der Waals surface area contributed by atoms with Gasteiger partial charge in [-0.1, -0.05) is 20.8 Å². The summed E-state index contributed by atoms with van der Waals surface area (Å²) in [4.78, 5) is 12.1. The van der Waals surface area contributed by atoms with Crippen molar-refractivity contribution in [3.63, 3.8) is 0 Å². The van der Waals surface area contributed by atoms with Gasteiger partial charge in [-0.05, 0) is 31.0 Å². The van der Waals surface area contributed by atoms with Crippen molar-refractivity contribution < 1.29 is 18.3 Å². The second kappa shape index (κ2) is 5.89. The Morgan fingerprint density at radius 1 is 1.23 bits per heavy atom. The Kier molecular flexibility index (Phi) is 4.49. The van der Waals surface area contributed by atoms with Crippen molar-refractivity contribution in [2.75, 3.05) is 18.4 Å². The number of aromatic hydroxyl groups is 1. The van der Waals surface area contributed by atoms with Gasteiger partial charge >= 0.3 is 0 Å². The molecule has 0 atom stereocenters. The molecule has 0 bridgehead atoms. The highest BCUT2D eigenvalue weighted by Crippen LogP contribution is 2.30. The van der Waals surface area contributed by atoms with E-state index in [0.29, 0.717) is 13.1 Å². The summed E-state index contributed by atoms with van der Waals surface area (Å²) >= 11 is 0. The maximum absolute atomic E-state index is 12.5. The van der Waals surface area contributed by atoms with Gasteiger partial charge in [0.2, 0.25) is 15.9 Å². The van der Waals surface area contributed by atoms with E-state index < -0.39 is 15.4 Å². The minimum atomic E-state index is -3.58. The van der Waals surface area contributed by atoms with Crippen molar-refractivity contribution in [3.8, 4) is 5.75 Å². The first kappa shape index (κ1) is 16.8. The molecule has 1 aromatic rings. The molecular weight excluding hydrogens is 304 g/mol. The normalized spacial score (nSPS) is 16.7. The second-order valence-corrected chi connectivity index (χ2v) is 8.43. The number of sulfonamides is 1. The van der Waals surface area contributed by atoms with Crippen LogP contribution in [0.25, 0.3) is 0 Å². The van der Waals surface area contributed by atoms with Crippen LogP contribution in [0.5, 0.6) is 5.75 Å². The number of benzene rings is 1. The number of phenolic OH excluding ortho intramolecular Hbond substituents is 1. The first-order valence-electron chi connectivity index (χ1n) is 7.27. The Labute approximate surface area is 131 Å². The minimum absolute atomic E-state index is 0.0800. The number of nitrogens with one attached hydrogen (secondary N) is 1. The zero-order valence-electron chi connectivity index (χ0n) is 13.1. The summed E-state index contributed by atoms with van der Waals surface area (Å²) < 4.78 is 26.4. The number of rotatable bonds is 3. The fourth-order valence-corrected chi connectivity index (χ4v) is 3.71.